The van der Waals surface area contributed by atoms with E-state index in [1.165, 1.54) is 5.39 Å². The van der Waals surface area contributed by atoms with Crippen molar-refractivity contribution in [2.24, 2.45) is 0 Å². The molecule has 6 rings (SSSR count). The Morgan fingerprint density at radius 3 is 1.94 bits per heavy atom. The van der Waals surface area contributed by atoms with Gasteiger partial charge in [-0.25, -0.2) is 0 Å². The van der Waals surface area contributed by atoms with Gasteiger partial charge in [0.2, 0.25) is 5.75 Å². The quantitative estimate of drug-likeness (QED) is 0.157. The summed E-state index contributed by atoms with van der Waals surface area (Å²) in [6.45, 7) is 0. The van der Waals surface area contributed by atoms with Gasteiger partial charge in [0, 0.05) is 10.8 Å². The van der Waals surface area contributed by atoms with Gasteiger partial charge in [-0.1, -0.05) is 84.9 Å². The van der Waals surface area contributed by atoms with Crippen molar-refractivity contribution in [3.05, 3.63) is 121 Å². The smallest absolute Gasteiger partial charge is 0.228 e. The molecule has 0 heterocycles. The Bertz CT molecular complexity index is 1580. The molecule has 0 saturated carbocycles. The van der Waals surface area contributed by atoms with E-state index < -0.39 is 0 Å². The lowest BCUT2D eigenvalue weighted by molar-refractivity contribution is -0.0982. The highest BCUT2D eigenvalue weighted by Gasteiger charge is 2.15. The molecule has 0 aliphatic rings. The Kier molecular flexibility index (Phi) is 4.78. The molecular formula is C30H20O3. The number of ether oxygens (including phenoxy) is 1. The Labute approximate surface area is 191 Å². The molecule has 0 bridgehead atoms. The maximum absolute atomic E-state index is 6.20. The molecule has 0 unspecified atom stereocenters. The molecule has 6 aromatic carbocycles. The summed E-state index contributed by atoms with van der Waals surface area (Å²) in [5.41, 5.74) is 0. The van der Waals surface area contributed by atoms with Crippen LogP contribution in [0.2, 0.25) is 0 Å². The minimum Gasteiger partial charge on any atom is -0.453 e. The SMILES string of the molecule is c1ccc(Oc2ccc3cc4ccccc4cc3c2OOc2cccc3ccccc23)cc1. The molecule has 0 aliphatic heterocycles. The fourth-order valence-electron chi connectivity index (χ4n) is 4.10. The molecule has 0 saturated heterocycles. The van der Waals surface area contributed by atoms with Crippen LogP contribution in [0, 0.1) is 0 Å². The average Bonchev–Trinajstić information content (AvgIpc) is 2.87. The molecular weight excluding hydrogens is 408 g/mol. The molecule has 33 heavy (non-hydrogen) atoms. The third-order valence-corrected chi connectivity index (χ3v) is 5.74. The molecule has 3 heteroatoms. The predicted octanol–water partition coefficient (Wildman–Crippen LogP) is 8.31. The zero-order valence-electron chi connectivity index (χ0n) is 17.8. The highest BCUT2D eigenvalue weighted by Crippen LogP contribution is 2.40. The van der Waals surface area contributed by atoms with Gasteiger partial charge < -0.3 is 4.74 Å². The van der Waals surface area contributed by atoms with Crippen molar-refractivity contribution in [1.29, 1.82) is 0 Å². The first-order chi connectivity index (χ1) is 16.3. The van der Waals surface area contributed by atoms with Gasteiger partial charge in [-0.05, 0) is 57.9 Å². The minimum atomic E-state index is 0.537. The Balaban J connectivity index is 1.47. The normalized spacial score (nSPS) is 11.0. The van der Waals surface area contributed by atoms with E-state index in [1.807, 2.05) is 84.9 Å². The standard InChI is InChI=1S/C30H20O3/c1-2-13-25(14-3-1)31-29-18-17-24-19-22-10-4-5-11-23(22)20-27(24)30(29)33-32-28-16-8-12-21-9-6-7-15-26(21)28/h1-20H. The zero-order valence-corrected chi connectivity index (χ0v) is 17.8. The van der Waals surface area contributed by atoms with Crippen LogP contribution < -0.4 is 14.5 Å². The van der Waals surface area contributed by atoms with Crippen LogP contribution >= 0.6 is 0 Å². The monoisotopic (exact) mass is 428 g/mol. The second-order valence-electron chi connectivity index (χ2n) is 7.87. The van der Waals surface area contributed by atoms with Crippen LogP contribution in [0.1, 0.15) is 0 Å². The van der Waals surface area contributed by atoms with E-state index in [0.717, 1.165) is 32.7 Å². The number of hydrogen-bond acceptors (Lipinski definition) is 3. The molecule has 0 spiro atoms. The van der Waals surface area contributed by atoms with E-state index in [9.17, 15) is 0 Å². The minimum absolute atomic E-state index is 0.537. The summed E-state index contributed by atoms with van der Waals surface area (Å²) in [6, 6.07) is 40.2. The molecule has 0 atom stereocenters. The Morgan fingerprint density at radius 2 is 1.09 bits per heavy atom. The summed E-state index contributed by atoms with van der Waals surface area (Å²) < 4.78 is 6.20. The maximum atomic E-state index is 6.20. The third-order valence-electron chi connectivity index (χ3n) is 5.74. The summed E-state index contributed by atoms with van der Waals surface area (Å²) >= 11 is 0. The van der Waals surface area contributed by atoms with Crippen LogP contribution in [-0.4, -0.2) is 0 Å². The molecule has 3 nitrogen and oxygen atoms in total. The van der Waals surface area contributed by atoms with Gasteiger partial charge in [-0.3, -0.25) is 9.78 Å². The highest BCUT2D eigenvalue weighted by atomic mass is 17.2. The molecule has 0 fully saturated rings. The van der Waals surface area contributed by atoms with Crippen LogP contribution in [0.5, 0.6) is 23.0 Å². The number of rotatable bonds is 5. The number of hydrogen-bond donors (Lipinski definition) is 0. The van der Waals surface area contributed by atoms with Crippen molar-refractivity contribution in [1.82, 2.24) is 0 Å². The van der Waals surface area contributed by atoms with Crippen LogP contribution in [-0.2, 0) is 0 Å². The van der Waals surface area contributed by atoms with Crippen LogP contribution in [0.3, 0.4) is 0 Å². The summed E-state index contributed by atoms with van der Waals surface area (Å²) in [4.78, 5) is 12.0. The largest absolute Gasteiger partial charge is 0.453 e. The number of para-hydroxylation sites is 1. The van der Waals surface area contributed by atoms with E-state index in [2.05, 4.69) is 36.4 Å². The zero-order chi connectivity index (χ0) is 22.0. The Hall–Kier alpha value is -4.50. The first-order valence-electron chi connectivity index (χ1n) is 10.9. The lowest BCUT2D eigenvalue weighted by Crippen LogP contribution is -2.03. The van der Waals surface area contributed by atoms with Crippen LogP contribution in [0.15, 0.2) is 121 Å². The van der Waals surface area contributed by atoms with Crippen LogP contribution in [0.4, 0.5) is 0 Å². The molecule has 158 valence electrons. The highest BCUT2D eigenvalue weighted by molar-refractivity contribution is 6.02. The van der Waals surface area contributed by atoms with Gasteiger partial charge in [0.25, 0.3) is 0 Å². The number of benzene rings is 6. The van der Waals surface area contributed by atoms with Gasteiger partial charge in [-0.2, -0.15) is 0 Å². The van der Waals surface area contributed by atoms with E-state index in [1.54, 1.807) is 0 Å². The molecule has 0 N–H and O–H groups in total. The van der Waals surface area contributed by atoms with Crippen LogP contribution in [0.25, 0.3) is 32.3 Å². The molecule has 0 aliphatic carbocycles. The van der Waals surface area contributed by atoms with Gasteiger partial charge in [0.05, 0.1) is 0 Å². The summed E-state index contributed by atoms with van der Waals surface area (Å²) in [5.74, 6) is 2.50. The fraction of sp³-hybridized carbons (Fsp3) is 0. The van der Waals surface area contributed by atoms with E-state index >= 15 is 0 Å². The summed E-state index contributed by atoms with van der Waals surface area (Å²) in [5, 5.41) is 6.33. The third kappa shape index (κ3) is 3.70. The maximum Gasteiger partial charge on any atom is 0.228 e. The van der Waals surface area contributed by atoms with Crippen molar-refractivity contribution in [2.75, 3.05) is 0 Å². The lowest BCUT2D eigenvalue weighted by atomic mass is 10.0. The summed E-state index contributed by atoms with van der Waals surface area (Å²) in [7, 11) is 0. The first-order valence-corrected chi connectivity index (χ1v) is 10.9. The fourth-order valence-corrected chi connectivity index (χ4v) is 4.10. The van der Waals surface area contributed by atoms with Gasteiger partial charge in [-0.15, -0.1) is 0 Å². The van der Waals surface area contributed by atoms with Gasteiger partial charge in [0.15, 0.2) is 11.5 Å². The molecule has 0 radical (unpaired) electrons. The predicted molar refractivity (Wildman–Crippen MR) is 133 cm³/mol. The molecule has 6 aromatic rings. The molecule has 0 aromatic heterocycles. The Morgan fingerprint density at radius 1 is 0.394 bits per heavy atom. The van der Waals surface area contributed by atoms with Crippen molar-refractivity contribution in [2.45, 2.75) is 0 Å². The average molecular weight is 428 g/mol. The van der Waals surface area contributed by atoms with E-state index in [0.29, 0.717) is 17.2 Å². The lowest BCUT2D eigenvalue weighted by Gasteiger charge is -2.15. The number of fused-ring (bicyclic) bond motifs is 3. The van der Waals surface area contributed by atoms with Crippen molar-refractivity contribution in [3.8, 4) is 23.0 Å². The van der Waals surface area contributed by atoms with Crippen molar-refractivity contribution < 1.29 is 14.5 Å². The van der Waals surface area contributed by atoms with Crippen molar-refractivity contribution >= 4 is 32.3 Å². The van der Waals surface area contributed by atoms with Crippen molar-refractivity contribution in [3.63, 3.8) is 0 Å². The second-order valence-corrected chi connectivity index (χ2v) is 7.87. The van der Waals surface area contributed by atoms with E-state index in [-0.39, 0.29) is 0 Å². The molecule has 0 amide bonds. The van der Waals surface area contributed by atoms with Gasteiger partial charge >= 0.3 is 0 Å². The van der Waals surface area contributed by atoms with Gasteiger partial charge in [0.1, 0.15) is 5.75 Å². The summed E-state index contributed by atoms with van der Waals surface area (Å²) in [6.07, 6.45) is 0. The van der Waals surface area contributed by atoms with E-state index in [4.69, 9.17) is 14.5 Å². The first kappa shape index (κ1) is 19.2. The topological polar surface area (TPSA) is 27.7 Å². The second kappa shape index (κ2) is 8.21.